The molecule has 2 atom stereocenters. The molecule has 2 aromatic heterocycles. The molecule has 7 nitrogen and oxygen atoms in total. The monoisotopic (exact) mass is 401 g/mol. The van der Waals surface area contributed by atoms with Gasteiger partial charge in [0.1, 0.15) is 5.01 Å². The van der Waals surface area contributed by atoms with E-state index in [0.29, 0.717) is 12.1 Å². The lowest BCUT2D eigenvalue weighted by Crippen LogP contribution is -2.36. The average molecular weight is 401 g/mol. The topological polar surface area (TPSA) is 82.5 Å². The number of thiazole rings is 1. The normalized spacial score (nSPS) is 22.3. The Morgan fingerprint density at radius 3 is 2.41 bits per heavy atom. The molecule has 0 saturated carbocycles. The molecule has 2 fully saturated rings. The first kappa shape index (κ1) is 19.5. The summed E-state index contributed by atoms with van der Waals surface area (Å²) in [5, 5.41) is 10.4. The van der Waals surface area contributed by atoms with Gasteiger partial charge in [0, 0.05) is 49.1 Å². The molecule has 2 aliphatic heterocycles. The number of nitrogens with zero attached hydrogens (tertiary/aromatic N) is 5. The minimum atomic E-state index is -5.08. The van der Waals surface area contributed by atoms with Crippen molar-refractivity contribution in [1.82, 2.24) is 19.9 Å². The van der Waals surface area contributed by atoms with Crippen molar-refractivity contribution < 1.29 is 23.1 Å². The van der Waals surface area contributed by atoms with Crippen LogP contribution in [0.2, 0.25) is 0 Å². The molecule has 2 saturated heterocycles. The summed E-state index contributed by atoms with van der Waals surface area (Å²) in [5.41, 5.74) is 0. The second kappa shape index (κ2) is 8.17. The van der Waals surface area contributed by atoms with E-state index in [2.05, 4.69) is 30.1 Å². The highest BCUT2D eigenvalue weighted by Crippen LogP contribution is 2.34. The Balaban J connectivity index is 0.000000260. The number of aliphatic carboxylic acids is 1. The summed E-state index contributed by atoms with van der Waals surface area (Å²) < 4.78 is 31.7. The summed E-state index contributed by atoms with van der Waals surface area (Å²) >= 11 is 1.75. The summed E-state index contributed by atoms with van der Waals surface area (Å²) in [6.45, 7) is 3.20. The third-order valence-electron chi connectivity index (χ3n) is 4.56. The quantitative estimate of drug-likeness (QED) is 0.846. The maximum absolute atomic E-state index is 10.6. The van der Waals surface area contributed by atoms with E-state index in [9.17, 15) is 13.2 Å². The largest absolute Gasteiger partial charge is 0.490 e. The summed E-state index contributed by atoms with van der Waals surface area (Å²) in [4.78, 5) is 27.1. The molecule has 2 aliphatic rings. The van der Waals surface area contributed by atoms with Crippen LogP contribution in [0.15, 0.2) is 30.0 Å². The minimum Gasteiger partial charge on any atom is -0.475 e. The van der Waals surface area contributed by atoms with Gasteiger partial charge in [-0.3, -0.25) is 4.90 Å². The molecule has 0 spiro atoms. The predicted octanol–water partition coefficient (Wildman–Crippen LogP) is 2.42. The lowest BCUT2D eigenvalue weighted by atomic mass is 10.1. The first-order chi connectivity index (χ1) is 12.9. The summed E-state index contributed by atoms with van der Waals surface area (Å²) in [6, 6.07) is 3.07. The van der Waals surface area contributed by atoms with E-state index < -0.39 is 12.1 Å². The summed E-state index contributed by atoms with van der Waals surface area (Å²) in [7, 11) is 0. The number of fused-ring (bicyclic) bond motifs is 1. The fourth-order valence-corrected chi connectivity index (χ4v) is 4.11. The molecule has 4 heterocycles. The van der Waals surface area contributed by atoms with Gasteiger partial charge >= 0.3 is 12.1 Å². The van der Waals surface area contributed by atoms with E-state index in [1.807, 2.05) is 24.7 Å². The smallest absolute Gasteiger partial charge is 0.475 e. The Morgan fingerprint density at radius 1 is 1.15 bits per heavy atom. The third kappa shape index (κ3) is 4.72. The number of anilines is 1. The highest BCUT2D eigenvalue weighted by molar-refractivity contribution is 7.09. The van der Waals surface area contributed by atoms with Crippen LogP contribution in [0.1, 0.15) is 17.8 Å². The van der Waals surface area contributed by atoms with Gasteiger partial charge in [-0.1, -0.05) is 0 Å². The van der Waals surface area contributed by atoms with Crippen molar-refractivity contribution in [3.63, 3.8) is 0 Å². The van der Waals surface area contributed by atoms with E-state index in [1.165, 1.54) is 17.8 Å². The number of hydrogen-bond acceptors (Lipinski definition) is 7. The average Bonchev–Trinajstić information content (AvgIpc) is 3.35. The van der Waals surface area contributed by atoms with Crippen LogP contribution < -0.4 is 4.90 Å². The molecule has 0 aliphatic carbocycles. The maximum Gasteiger partial charge on any atom is 0.490 e. The Hall–Kier alpha value is -2.27. The molecule has 146 valence electrons. The van der Waals surface area contributed by atoms with Gasteiger partial charge < -0.3 is 10.0 Å². The van der Waals surface area contributed by atoms with Gasteiger partial charge in [0.05, 0.1) is 6.54 Å². The number of carboxylic acid groups (broad SMARTS) is 1. The second-order valence-electron chi connectivity index (χ2n) is 6.15. The van der Waals surface area contributed by atoms with Crippen LogP contribution >= 0.6 is 11.3 Å². The molecular weight excluding hydrogens is 383 g/mol. The van der Waals surface area contributed by atoms with Crippen molar-refractivity contribution >= 4 is 23.3 Å². The number of alkyl halides is 3. The summed E-state index contributed by atoms with van der Waals surface area (Å²) in [5.74, 6) is -1.87. The van der Waals surface area contributed by atoms with E-state index in [-0.39, 0.29) is 0 Å². The third-order valence-corrected chi connectivity index (χ3v) is 5.33. The van der Waals surface area contributed by atoms with Crippen LogP contribution in [-0.4, -0.2) is 62.3 Å². The first-order valence-electron chi connectivity index (χ1n) is 8.32. The Labute approximate surface area is 157 Å². The van der Waals surface area contributed by atoms with Gasteiger partial charge in [0.2, 0.25) is 5.95 Å². The van der Waals surface area contributed by atoms with Gasteiger partial charge in [-0.2, -0.15) is 13.2 Å². The van der Waals surface area contributed by atoms with Crippen molar-refractivity contribution in [2.24, 2.45) is 0 Å². The van der Waals surface area contributed by atoms with Crippen LogP contribution in [0, 0.1) is 0 Å². The molecule has 2 aromatic rings. The van der Waals surface area contributed by atoms with Crippen molar-refractivity contribution in [2.45, 2.75) is 37.6 Å². The fraction of sp³-hybridized carbons (Fsp3) is 0.500. The van der Waals surface area contributed by atoms with Gasteiger partial charge in [0.15, 0.2) is 0 Å². The van der Waals surface area contributed by atoms with Crippen LogP contribution in [0.5, 0.6) is 0 Å². The molecule has 11 heteroatoms. The Morgan fingerprint density at radius 2 is 1.81 bits per heavy atom. The van der Waals surface area contributed by atoms with Crippen LogP contribution in [0.25, 0.3) is 0 Å². The van der Waals surface area contributed by atoms with Crippen molar-refractivity contribution in [3.05, 3.63) is 35.0 Å². The van der Waals surface area contributed by atoms with E-state index in [4.69, 9.17) is 9.90 Å². The predicted molar refractivity (Wildman–Crippen MR) is 92.4 cm³/mol. The molecule has 0 aromatic carbocycles. The van der Waals surface area contributed by atoms with Gasteiger partial charge in [0.25, 0.3) is 0 Å². The highest BCUT2D eigenvalue weighted by atomic mass is 32.1. The molecule has 27 heavy (non-hydrogen) atoms. The maximum atomic E-state index is 10.6. The Bertz CT molecular complexity index is 744. The number of rotatable bonds is 3. The number of hydrogen-bond donors (Lipinski definition) is 1. The zero-order valence-electron chi connectivity index (χ0n) is 14.2. The van der Waals surface area contributed by atoms with E-state index >= 15 is 0 Å². The number of likely N-dealkylation sites (tertiary alicyclic amines) is 1. The van der Waals surface area contributed by atoms with Crippen molar-refractivity contribution in [1.29, 1.82) is 0 Å². The lowest BCUT2D eigenvalue weighted by molar-refractivity contribution is -0.192. The molecule has 0 radical (unpaired) electrons. The zero-order valence-corrected chi connectivity index (χ0v) is 15.0. The van der Waals surface area contributed by atoms with Crippen LogP contribution in [-0.2, 0) is 11.3 Å². The van der Waals surface area contributed by atoms with Gasteiger partial charge in [-0.25, -0.2) is 19.7 Å². The zero-order chi connectivity index (χ0) is 19.4. The second-order valence-corrected chi connectivity index (χ2v) is 7.13. The highest BCUT2D eigenvalue weighted by Gasteiger charge is 2.43. The molecular formula is C16H18F3N5O2S. The Kier molecular flexibility index (Phi) is 5.90. The van der Waals surface area contributed by atoms with Gasteiger partial charge in [-0.15, -0.1) is 11.3 Å². The molecule has 1 N–H and O–H groups in total. The number of aromatic nitrogens is 3. The fourth-order valence-electron chi connectivity index (χ4n) is 3.46. The number of halogens is 3. The molecule has 4 rings (SSSR count). The van der Waals surface area contributed by atoms with Crippen LogP contribution in [0.4, 0.5) is 19.1 Å². The number of carbonyl (C=O) groups is 1. The summed E-state index contributed by atoms with van der Waals surface area (Å²) in [6.07, 6.45) is 2.88. The van der Waals surface area contributed by atoms with E-state index in [1.54, 1.807) is 11.3 Å². The van der Waals surface area contributed by atoms with Crippen molar-refractivity contribution in [2.75, 3.05) is 18.0 Å². The van der Waals surface area contributed by atoms with E-state index in [0.717, 1.165) is 25.6 Å². The van der Waals surface area contributed by atoms with Crippen LogP contribution in [0.3, 0.4) is 0 Å². The molecule has 0 bridgehead atoms. The molecule has 0 amide bonds. The first-order valence-corrected chi connectivity index (χ1v) is 9.20. The molecule has 0 unspecified atom stereocenters. The van der Waals surface area contributed by atoms with Gasteiger partial charge in [-0.05, 0) is 18.9 Å². The standard InChI is InChI=1S/C14H17N5S.C2HF3O2/c1-4-16-14(17-5-1)19-8-3-11-12(19)2-7-18(11)10-13-15-6-9-20-13;3-2(4,5)1(6)7/h1,4-6,9,11-12H,2-3,7-8,10H2;(H,6,7)/t11-,12+;/m1./s1. The SMILES string of the molecule is O=C(O)C(F)(F)F.c1cnc(N2CC[C@@H]3[C@@H]2CCN3Cc2nccs2)nc1. The lowest BCUT2D eigenvalue weighted by Gasteiger charge is -2.25. The van der Waals surface area contributed by atoms with Crippen molar-refractivity contribution in [3.8, 4) is 0 Å². The minimum absolute atomic E-state index is 0.567. The number of carboxylic acids is 1.